The number of Topliss-reactive ketones (excluding diaryl/α,β-unsaturated/α-hetero) is 1. The molecule has 6 heteroatoms. The van der Waals surface area contributed by atoms with Gasteiger partial charge in [-0.05, 0) is 38.5 Å². The van der Waals surface area contributed by atoms with E-state index in [-0.39, 0.29) is 42.3 Å². The Morgan fingerprint density at radius 2 is 1.84 bits per heavy atom. The van der Waals surface area contributed by atoms with Crippen molar-refractivity contribution in [3.8, 4) is 0 Å². The summed E-state index contributed by atoms with van der Waals surface area (Å²) in [5.41, 5.74) is -1.69. The van der Waals surface area contributed by atoms with Crippen molar-refractivity contribution in [3.63, 3.8) is 0 Å². The molecule has 142 valence electrons. The summed E-state index contributed by atoms with van der Waals surface area (Å²) in [6, 6.07) is 0. The molecule has 0 unspecified atom stereocenters. The number of ketones is 1. The highest BCUT2D eigenvalue weighted by Crippen LogP contribution is 2.55. The van der Waals surface area contributed by atoms with Gasteiger partial charge in [-0.2, -0.15) is 0 Å². The van der Waals surface area contributed by atoms with Crippen LogP contribution in [0.4, 0.5) is 0 Å². The van der Waals surface area contributed by atoms with E-state index in [9.17, 15) is 19.5 Å². The van der Waals surface area contributed by atoms with Crippen molar-refractivity contribution in [1.29, 1.82) is 0 Å². The van der Waals surface area contributed by atoms with Crippen molar-refractivity contribution in [2.24, 2.45) is 23.2 Å². The number of carbonyl (C=O) groups is 3. The number of rotatable bonds is 4. The molecule has 1 N–H and O–H groups in total. The molecular formula is C19H30O6. The lowest BCUT2D eigenvalue weighted by Crippen LogP contribution is -2.62. The Balaban J connectivity index is 2.25. The van der Waals surface area contributed by atoms with Crippen LogP contribution in [0.15, 0.2) is 0 Å². The quantitative estimate of drug-likeness (QED) is 0.779. The maximum absolute atomic E-state index is 13.3. The molecule has 0 heterocycles. The minimum Gasteiger partial charge on any atom is -0.466 e. The Morgan fingerprint density at radius 3 is 2.40 bits per heavy atom. The van der Waals surface area contributed by atoms with E-state index in [2.05, 4.69) is 0 Å². The lowest BCUT2D eigenvalue weighted by molar-refractivity contribution is -0.198. The molecule has 0 aromatic heterocycles. The summed E-state index contributed by atoms with van der Waals surface area (Å²) in [4.78, 5) is 35.8. The molecule has 0 aromatic carbocycles. The van der Waals surface area contributed by atoms with Crippen molar-refractivity contribution in [1.82, 2.24) is 0 Å². The monoisotopic (exact) mass is 354 g/mol. The fraction of sp³-hybridized carbons (Fsp3) is 0.842. The number of hydrogen-bond acceptors (Lipinski definition) is 6. The second-order valence-corrected chi connectivity index (χ2v) is 8.26. The van der Waals surface area contributed by atoms with Crippen molar-refractivity contribution in [2.45, 2.75) is 72.0 Å². The zero-order valence-electron chi connectivity index (χ0n) is 15.8. The van der Waals surface area contributed by atoms with Crippen LogP contribution in [0.25, 0.3) is 0 Å². The predicted octanol–water partition coefficient (Wildman–Crippen LogP) is 2.26. The molecule has 0 aliphatic heterocycles. The molecular weight excluding hydrogens is 324 g/mol. The van der Waals surface area contributed by atoms with Gasteiger partial charge in [-0.25, -0.2) is 0 Å². The van der Waals surface area contributed by atoms with Gasteiger partial charge in [0, 0.05) is 25.2 Å². The lowest BCUT2D eigenvalue weighted by atomic mass is 9.51. The first-order valence-corrected chi connectivity index (χ1v) is 9.05. The molecule has 2 aliphatic rings. The molecule has 0 saturated heterocycles. The number of esters is 2. The molecule has 2 rings (SSSR count). The first-order chi connectivity index (χ1) is 11.5. The predicted molar refractivity (Wildman–Crippen MR) is 90.5 cm³/mol. The Bertz CT molecular complexity index is 554. The van der Waals surface area contributed by atoms with Crippen LogP contribution in [0.2, 0.25) is 0 Å². The van der Waals surface area contributed by atoms with Crippen LogP contribution in [0.5, 0.6) is 0 Å². The van der Waals surface area contributed by atoms with Crippen molar-refractivity contribution in [3.05, 3.63) is 0 Å². The summed E-state index contributed by atoms with van der Waals surface area (Å²) in [6.45, 7) is 8.47. The SMILES string of the molecule is CC(=O)OC[C@H](C)[C@@H]1CC[C@@]2(C)[C@@H](OC(C)=O)CC[C@](C)(O)[C@@H]2C1=O. The minimum absolute atomic E-state index is 0.00439. The maximum Gasteiger partial charge on any atom is 0.302 e. The molecule has 0 spiro atoms. The second-order valence-electron chi connectivity index (χ2n) is 8.26. The summed E-state index contributed by atoms with van der Waals surface area (Å²) in [6.07, 6.45) is 1.95. The van der Waals surface area contributed by atoms with Gasteiger partial charge in [-0.15, -0.1) is 0 Å². The van der Waals surface area contributed by atoms with Crippen LogP contribution in [-0.2, 0) is 23.9 Å². The highest BCUT2D eigenvalue weighted by atomic mass is 16.5. The molecule has 0 bridgehead atoms. The zero-order chi connectivity index (χ0) is 19.0. The van der Waals surface area contributed by atoms with Gasteiger partial charge in [0.25, 0.3) is 0 Å². The van der Waals surface area contributed by atoms with Gasteiger partial charge in [0.1, 0.15) is 11.9 Å². The van der Waals surface area contributed by atoms with Gasteiger partial charge in [-0.3, -0.25) is 14.4 Å². The van der Waals surface area contributed by atoms with Crippen molar-refractivity contribution in [2.75, 3.05) is 6.61 Å². The molecule has 2 fully saturated rings. The first kappa shape index (κ1) is 19.9. The van der Waals surface area contributed by atoms with Crippen LogP contribution < -0.4 is 0 Å². The summed E-state index contributed by atoms with van der Waals surface area (Å²) in [5.74, 6) is -1.68. The van der Waals surface area contributed by atoms with Gasteiger partial charge < -0.3 is 14.6 Å². The second kappa shape index (κ2) is 7.06. The number of hydrogen-bond donors (Lipinski definition) is 1. The van der Waals surface area contributed by atoms with Gasteiger partial charge in [0.05, 0.1) is 18.1 Å². The number of ether oxygens (including phenoxy) is 2. The Kier molecular flexibility index (Phi) is 5.62. The molecule has 0 aromatic rings. The van der Waals surface area contributed by atoms with Crippen LogP contribution >= 0.6 is 0 Å². The Morgan fingerprint density at radius 1 is 1.20 bits per heavy atom. The van der Waals surface area contributed by atoms with E-state index in [1.807, 2.05) is 13.8 Å². The van der Waals surface area contributed by atoms with Crippen LogP contribution in [-0.4, -0.2) is 41.1 Å². The third kappa shape index (κ3) is 3.89. The normalized spacial score (nSPS) is 39.3. The molecule has 2 aliphatic carbocycles. The molecule has 6 atom stereocenters. The highest BCUT2D eigenvalue weighted by Gasteiger charge is 2.61. The molecule has 2 saturated carbocycles. The summed E-state index contributed by atoms with van der Waals surface area (Å²) < 4.78 is 10.6. The smallest absolute Gasteiger partial charge is 0.302 e. The largest absolute Gasteiger partial charge is 0.466 e. The van der Waals surface area contributed by atoms with Gasteiger partial charge in [0.15, 0.2) is 0 Å². The fourth-order valence-electron chi connectivity index (χ4n) is 4.88. The standard InChI is InChI=1S/C19H30O6/c1-11(10-24-12(2)20)14-6-8-18(4)15(25-13(3)21)7-9-19(5,23)17(18)16(14)22/h11,14-15,17,23H,6-10H2,1-5H3/t11-,14-,15-,17+,18-,19-/m0/s1. The number of fused-ring (bicyclic) bond motifs is 1. The third-order valence-electron chi connectivity index (χ3n) is 6.12. The zero-order valence-corrected chi connectivity index (χ0v) is 15.8. The van der Waals surface area contributed by atoms with Crippen LogP contribution in [0, 0.1) is 23.2 Å². The van der Waals surface area contributed by atoms with E-state index in [1.54, 1.807) is 6.92 Å². The van der Waals surface area contributed by atoms with Crippen molar-refractivity contribution < 1.29 is 29.0 Å². The van der Waals surface area contributed by atoms with Crippen LogP contribution in [0.1, 0.15) is 60.3 Å². The van der Waals surface area contributed by atoms with Crippen LogP contribution in [0.3, 0.4) is 0 Å². The highest BCUT2D eigenvalue weighted by molar-refractivity contribution is 5.87. The Labute approximate surface area is 149 Å². The minimum atomic E-state index is -1.12. The van der Waals surface area contributed by atoms with E-state index in [1.165, 1.54) is 13.8 Å². The van der Waals surface area contributed by atoms with E-state index < -0.39 is 16.9 Å². The van der Waals surface area contributed by atoms with E-state index in [4.69, 9.17) is 9.47 Å². The van der Waals surface area contributed by atoms with E-state index in [0.29, 0.717) is 25.7 Å². The van der Waals surface area contributed by atoms with Gasteiger partial charge in [-0.1, -0.05) is 13.8 Å². The lowest BCUT2D eigenvalue weighted by Gasteiger charge is -2.56. The third-order valence-corrected chi connectivity index (χ3v) is 6.12. The molecule has 0 amide bonds. The maximum atomic E-state index is 13.3. The fourth-order valence-corrected chi connectivity index (χ4v) is 4.88. The molecule has 6 nitrogen and oxygen atoms in total. The summed E-state index contributed by atoms with van der Waals surface area (Å²) in [7, 11) is 0. The molecule has 25 heavy (non-hydrogen) atoms. The number of aliphatic hydroxyl groups is 1. The number of carbonyl (C=O) groups excluding carboxylic acids is 3. The average molecular weight is 354 g/mol. The van der Waals surface area contributed by atoms with E-state index in [0.717, 1.165) is 0 Å². The van der Waals surface area contributed by atoms with Crippen molar-refractivity contribution >= 4 is 17.7 Å². The molecule has 0 radical (unpaired) electrons. The summed E-state index contributed by atoms with van der Waals surface area (Å²) in [5, 5.41) is 10.9. The average Bonchev–Trinajstić information content (AvgIpc) is 2.47. The van der Waals surface area contributed by atoms with E-state index >= 15 is 0 Å². The van der Waals surface area contributed by atoms with Gasteiger partial charge in [0.2, 0.25) is 0 Å². The topological polar surface area (TPSA) is 89.9 Å². The Hall–Kier alpha value is -1.43. The van der Waals surface area contributed by atoms with Gasteiger partial charge >= 0.3 is 11.9 Å². The summed E-state index contributed by atoms with van der Waals surface area (Å²) >= 11 is 0. The first-order valence-electron chi connectivity index (χ1n) is 9.05.